The zero-order valence-corrected chi connectivity index (χ0v) is 20.2. The first kappa shape index (κ1) is 25.3. The van der Waals surface area contributed by atoms with E-state index in [0.717, 1.165) is 11.7 Å². The lowest BCUT2D eigenvalue weighted by atomic mass is 9.82. The number of thioether (sulfide) groups is 1. The van der Waals surface area contributed by atoms with E-state index in [1.807, 2.05) is 0 Å². The summed E-state index contributed by atoms with van der Waals surface area (Å²) in [5.41, 5.74) is -0.191. The smallest absolute Gasteiger partial charge is 0.161 e. The summed E-state index contributed by atoms with van der Waals surface area (Å²) in [6.07, 6.45) is 6.57. The van der Waals surface area contributed by atoms with Gasteiger partial charge < -0.3 is 14.2 Å². The van der Waals surface area contributed by atoms with E-state index in [9.17, 15) is 0 Å². The molecule has 0 aromatic carbocycles. The van der Waals surface area contributed by atoms with Crippen LogP contribution in [0.4, 0.5) is 0 Å². The average molecular weight is 403 g/mol. The number of unbranched alkanes of at least 4 members (excludes halogenated alkanes) is 3. The quantitative estimate of drug-likeness (QED) is 0.360. The standard InChI is InChI=1S/C23H46O3S/c1-16(2)24-21-18(5)19(6)22(26-23(7,8)9)25-20(21)14-12-10-11-13-15-27-17(3)4/h16-22H,10-15H2,1-9H3/t18?,19?,20?,21-,22+/m0/s1. The van der Waals surface area contributed by atoms with Crippen molar-refractivity contribution in [2.75, 3.05) is 5.75 Å². The van der Waals surface area contributed by atoms with Gasteiger partial charge in [0.2, 0.25) is 0 Å². The maximum absolute atomic E-state index is 6.47. The molecule has 0 spiro atoms. The van der Waals surface area contributed by atoms with E-state index in [-0.39, 0.29) is 30.2 Å². The zero-order valence-electron chi connectivity index (χ0n) is 19.4. The van der Waals surface area contributed by atoms with E-state index < -0.39 is 0 Å². The molecule has 1 saturated heterocycles. The van der Waals surface area contributed by atoms with Crippen molar-refractivity contribution >= 4 is 11.8 Å². The predicted molar refractivity (Wildman–Crippen MR) is 119 cm³/mol. The van der Waals surface area contributed by atoms with Crippen molar-refractivity contribution in [3.05, 3.63) is 0 Å². The van der Waals surface area contributed by atoms with Crippen molar-refractivity contribution in [2.24, 2.45) is 11.8 Å². The molecule has 1 aliphatic rings. The Morgan fingerprint density at radius 3 is 2.11 bits per heavy atom. The first-order valence-electron chi connectivity index (χ1n) is 11.1. The summed E-state index contributed by atoms with van der Waals surface area (Å²) < 4.78 is 19.0. The van der Waals surface area contributed by atoms with E-state index in [1.54, 1.807) is 0 Å². The fraction of sp³-hybridized carbons (Fsp3) is 1.00. The van der Waals surface area contributed by atoms with Crippen molar-refractivity contribution in [1.82, 2.24) is 0 Å². The Morgan fingerprint density at radius 2 is 1.56 bits per heavy atom. The zero-order chi connectivity index (χ0) is 20.6. The highest BCUT2D eigenvalue weighted by atomic mass is 32.2. The van der Waals surface area contributed by atoms with Crippen molar-refractivity contribution in [2.45, 2.75) is 130 Å². The Hall–Kier alpha value is 0.230. The number of hydrogen-bond donors (Lipinski definition) is 0. The van der Waals surface area contributed by atoms with Crippen LogP contribution >= 0.6 is 11.8 Å². The first-order valence-corrected chi connectivity index (χ1v) is 12.2. The van der Waals surface area contributed by atoms with Crippen molar-refractivity contribution in [1.29, 1.82) is 0 Å². The van der Waals surface area contributed by atoms with E-state index in [1.165, 1.54) is 31.4 Å². The molecule has 1 aliphatic heterocycles. The summed E-state index contributed by atoms with van der Waals surface area (Å²) >= 11 is 2.07. The number of rotatable bonds is 11. The molecule has 162 valence electrons. The Balaban J connectivity index is 2.56. The summed E-state index contributed by atoms with van der Waals surface area (Å²) in [6.45, 7) is 19.7. The third kappa shape index (κ3) is 10.0. The molecule has 0 saturated carbocycles. The minimum Gasteiger partial charge on any atom is -0.373 e. The molecule has 1 fully saturated rings. The van der Waals surface area contributed by atoms with E-state index in [2.05, 4.69) is 74.1 Å². The van der Waals surface area contributed by atoms with Gasteiger partial charge in [0, 0.05) is 5.92 Å². The molecule has 1 rings (SSSR count). The fourth-order valence-corrected chi connectivity index (χ4v) is 4.46. The summed E-state index contributed by atoms with van der Waals surface area (Å²) in [5.74, 6) is 2.05. The van der Waals surface area contributed by atoms with Gasteiger partial charge in [0.05, 0.1) is 23.9 Å². The van der Waals surface area contributed by atoms with Gasteiger partial charge in [0.25, 0.3) is 0 Å². The topological polar surface area (TPSA) is 27.7 Å². The van der Waals surface area contributed by atoms with Crippen molar-refractivity contribution < 1.29 is 14.2 Å². The summed E-state index contributed by atoms with van der Waals surface area (Å²) in [6, 6.07) is 0. The van der Waals surface area contributed by atoms with E-state index in [4.69, 9.17) is 14.2 Å². The maximum atomic E-state index is 6.47. The Bertz CT molecular complexity index is 392. The third-order valence-corrected chi connectivity index (χ3v) is 6.38. The van der Waals surface area contributed by atoms with Gasteiger partial charge in [0.1, 0.15) is 0 Å². The molecule has 0 amide bonds. The van der Waals surface area contributed by atoms with Crippen molar-refractivity contribution in [3.63, 3.8) is 0 Å². The Kier molecular flexibility index (Phi) is 11.3. The molecule has 0 aromatic heterocycles. The predicted octanol–water partition coefficient (Wildman–Crippen LogP) is 6.68. The molecule has 0 aliphatic carbocycles. The normalized spacial score (nSPS) is 29.7. The fourth-order valence-electron chi connectivity index (χ4n) is 3.62. The monoisotopic (exact) mass is 402 g/mol. The van der Waals surface area contributed by atoms with Gasteiger partial charge >= 0.3 is 0 Å². The largest absolute Gasteiger partial charge is 0.373 e. The van der Waals surface area contributed by atoms with Gasteiger partial charge in [-0.2, -0.15) is 11.8 Å². The van der Waals surface area contributed by atoms with Crippen LogP contribution in [-0.2, 0) is 14.2 Å². The molecule has 5 atom stereocenters. The van der Waals surface area contributed by atoms with Crippen LogP contribution in [0.1, 0.15) is 94.4 Å². The van der Waals surface area contributed by atoms with Crippen LogP contribution in [0.5, 0.6) is 0 Å². The third-order valence-electron chi connectivity index (χ3n) is 5.19. The average Bonchev–Trinajstić information content (AvgIpc) is 2.52. The lowest BCUT2D eigenvalue weighted by molar-refractivity contribution is -0.299. The van der Waals surface area contributed by atoms with Crippen LogP contribution in [0.25, 0.3) is 0 Å². The van der Waals surface area contributed by atoms with Crippen LogP contribution in [-0.4, -0.2) is 41.2 Å². The highest BCUT2D eigenvalue weighted by Gasteiger charge is 2.43. The lowest BCUT2D eigenvalue weighted by Gasteiger charge is -2.46. The van der Waals surface area contributed by atoms with Gasteiger partial charge in [-0.15, -0.1) is 0 Å². The maximum Gasteiger partial charge on any atom is 0.161 e. The minimum atomic E-state index is -0.191. The van der Waals surface area contributed by atoms with E-state index in [0.29, 0.717) is 11.8 Å². The van der Waals surface area contributed by atoms with Gasteiger partial charge in [-0.05, 0) is 64.4 Å². The lowest BCUT2D eigenvalue weighted by Crippen LogP contribution is -2.53. The molecule has 3 nitrogen and oxygen atoms in total. The molecule has 0 bridgehead atoms. The second-order valence-electron chi connectivity index (χ2n) is 9.76. The number of ether oxygens (including phenoxy) is 3. The SMILES string of the molecule is CC(C)O[C@@H]1C(CCCCCCSC(C)C)O[C@H](OC(C)(C)C)C(C)C1C. The molecule has 0 aromatic rings. The summed E-state index contributed by atoms with van der Waals surface area (Å²) in [5, 5.41) is 0.748. The van der Waals surface area contributed by atoms with Gasteiger partial charge in [-0.3, -0.25) is 0 Å². The Labute approximate surface area is 173 Å². The molecule has 0 N–H and O–H groups in total. The second kappa shape index (κ2) is 12.0. The first-order chi connectivity index (χ1) is 12.5. The molecule has 1 heterocycles. The highest BCUT2D eigenvalue weighted by molar-refractivity contribution is 7.99. The van der Waals surface area contributed by atoms with Crippen molar-refractivity contribution in [3.8, 4) is 0 Å². The van der Waals surface area contributed by atoms with Gasteiger partial charge in [-0.25, -0.2) is 0 Å². The summed E-state index contributed by atoms with van der Waals surface area (Å²) in [7, 11) is 0. The van der Waals surface area contributed by atoms with Crippen LogP contribution in [0.3, 0.4) is 0 Å². The van der Waals surface area contributed by atoms with Crippen LogP contribution in [0, 0.1) is 11.8 Å². The Morgan fingerprint density at radius 1 is 0.926 bits per heavy atom. The molecule has 0 radical (unpaired) electrons. The van der Waals surface area contributed by atoms with Crippen LogP contribution in [0.2, 0.25) is 0 Å². The molecule has 3 unspecified atom stereocenters. The molecule has 27 heavy (non-hydrogen) atoms. The molecular weight excluding hydrogens is 356 g/mol. The molecule has 4 heteroatoms. The summed E-state index contributed by atoms with van der Waals surface area (Å²) in [4.78, 5) is 0. The van der Waals surface area contributed by atoms with Gasteiger partial charge in [0.15, 0.2) is 6.29 Å². The molecular formula is C23H46O3S. The van der Waals surface area contributed by atoms with Gasteiger partial charge in [-0.1, -0.05) is 47.0 Å². The second-order valence-corrected chi connectivity index (χ2v) is 11.4. The number of hydrogen-bond acceptors (Lipinski definition) is 4. The van der Waals surface area contributed by atoms with Crippen LogP contribution < -0.4 is 0 Å². The van der Waals surface area contributed by atoms with Crippen LogP contribution in [0.15, 0.2) is 0 Å². The minimum absolute atomic E-state index is 0.135. The highest BCUT2D eigenvalue weighted by Crippen LogP contribution is 2.37. The van der Waals surface area contributed by atoms with E-state index >= 15 is 0 Å².